The molecule has 1 N–H and O–H groups in total. The summed E-state index contributed by atoms with van der Waals surface area (Å²) >= 11 is 5.87. The minimum atomic E-state index is -0.107. The van der Waals surface area contributed by atoms with E-state index in [4.69, 9.17) is 16.3 Å². The maximum atomic E-state index is 12.8. The molecule has 2 aromatic heterocycles. The highest BCUT2D eigenvalue weighted by atomic mass is 35.5. The van der Waals surface area contributed by atoms with Crippen molar-refractivity contribution in [2.75, 3.05) is 19.7 Å². The van der Waals surface area contributed by atoms with Crippen molar-refractivity contribution in [3.63, 3.8) is 0 Å². The van der Waals surface area contributed by atoms with E-state index in [1.807, 2.05) is 6.07 Å². The molecule has 6 nitrogen and oxygen atoms in total. The number of aliphatic hydroxyl groups is 1. The first kappa shape index (κ1) is 23.8. The highest BCUT2D eigenvalue weighted by molar-refractivity contribution is 6.30. The van der Waals surface area contributed by atoms with Crippen LogP contribution in [0.5, 0.6) is 5.75 Å². The van der Waals surface area contributed by atoms with Crippen LogP contribution in [0.3, 0.4) is 0 Å². The lowest BCUT2D eigenvalue weighted by atomic mass is 9.92. The van der Waals surface area contributed by atoms with Gasteiger partial charge in [-0.25, -0.2) is 0 Å². The third kappa shape index (κ3) is 5.84. The van der Waals surface area contributed by atoms with Crippen LogP contribution in [0.1, 0.15) is 41.6 Å². The summed E-state index contributed by atoms with van der Waals surface area (Å²) in [7, 11) is 0. The molecule has 1 saturated heterocycles. The summed E-state index contributed by atoms with van der Waals surface area (Å²) in [5, 5.41) is 9.93. The quantitative estimate of drug-likeness (QED) is 0.522. The van der Waals surface area contributed by atoms with Crippen LogP contribution in [0.25, 0.3) is 11.8 Å². The number of pyridine rings is 2. The molecule has 0 saturated carbocycles. The van der Waals surface area contributed by atoms with E-state index in [1.165, 1.54) is 22.8 Å². The van der Waals surface area contributed by atoms with Gasteiger partial charge in [-0.15, -0.1) is 0 Å². The van der Waals surface area contributed by atoms with Gasteiger partial charge in [-0.05, 0) is 85.7 Å². The minimum absolute atomic E-state index is 0.107. The van der Waals surface area contributed by atoms with Crippen molar-refractivity contribution in [2.45, 2.75) is 38.8 Å². The smallest absolute Gasteiger partial charge is 0.258 e. The molecule has 1 fully saturated rings. The van der Waals surface area contributed by atoms with Crippen molar-refractivity contribution in [3.05, 3.63) is 92.6 Å². The van der Waals surface area contributed by atoms with Gasteiger partial charge in [-0.2, -0.15) is 0 Å². The van der Waals surface area contributed by atoms with Gasteiger partial charge in [0.2, 0.25) is 0 Å². The zero-order valence-electron chi connectivity index (χ0n) is 19.7. The fourth-order valence-electron chi connectivity index (χ4n) is 4.84. The monoisotopic (exact) mass is 491 g/mol. The molecule has 0 spiro atoms. The number of likely N-dealkylation sites (tertiary alicyclic amines) is 1. The molecule has 1 aliphatic carbocycles. The second-order valence-electron chi connectivity index (χ2n) is 9.40. The lowest BCUT2D eigenvalue weighted by molar-refractivity contribution is 0.127. The summed E-state index contributed by atoms with van der Waals surface area (Å²) in [6, 6.07) is 13.6. The van der Waals surface area contributed by atoms with Gasteiger partial charge in [0.25, 0.3) is 5.56 Å². The molecule has 1 aromatic carbocycles. The number of hydrogen-bond acceptors (Lipinski definition) is 5. The van der Waals surface area contributed by atoms with E-state index in [0.717, 1.165) is 56.7 Å². The number of fused-ring (bicyclic) bond motifs is 1. The molecule has 3 aromatic rings. The summed E-state index contributed by atoms with van der Waals surface area (Å²) in [6.45, 7) is 3.63. The van der Waals surface area contributed by atoms with E-state index in [2.05, 4.69) is 34.2 Å². The van der Waals surface area contributed by atoms with Crippen LogP contribution in [0.2, 0.25) is 5.02 Å². The molecule has 3 heterocycles. The van der Waals surface area contributed by atoms with Crippen LogP contribution in [0.15, 0.2) is 59.7 Å². The number of hydrogen-bond donors (Lipinski definition) is 1. The molecule has 2 aliphatic rings. The van der Waals surface area contributed by atoms with E-state index < -0.39 is 0 Å². The number of ether oxygens (including phenoxy) is 1. The van der Waals surface area contributed by atoms with Gasteiger partial charge < -0.3 is 9.84 Å². The lowest BCUT2D eigenvalue weighted by Gasteiger charge is -2.31. The first-order chi connectivity index (χ1) is 17.1. The molecule has 1 aliphatic heterocycles. The molecule has 5 rings (SSSR count). The van der Waals surface area contributed by atoms with Gasteiger partial charge in [-0.3, -0.25) is 19.2 Å². The molecular formula is C28H30ClN3O3. The molecule has 0 radical (unpaired) electrons. The standard InChI is InChI=1S/C28H30ClN3O3/c29-24-4-5-25(30-16-24)19-35-27-9-12-32(28(34)15-27)26-6-3-22-13-21(1-2-23(22)14-26)17-31-10-7-20(18-33)8-11-31/h1-2,4-5,9,12-16,20,33H,3,6-8,10-11,17-19H2. The summed E-state index contributed by atoms with van der Waals surface area (Å²) in [4.78, 5) is 19.5. The Balaban J connectivity index is 1.24. The third-order valence-electron chi connectivity index (χ3n) is 6.93. The highest BCUT2D eigenvalue weighted by Crippen LogP contribution is 2.28. The van der Waals surface area contributed by atoms with Gasteiger partial charge in [0.1, 0.15) is 12.4 Å². The second kappa shape index (κ2) is 10.8. The number of allylic oxidation sites excluding steroid dienone is 1. The average Bonchev–Trinajstić information content (AvgIpc) is 2.88. The summed E-state index contributed by atoms with van der Waals surface area (Å²) < 4.78 is 7.45. The van der Waals surface area contributed by atoms with Crippen molar-refractivity contribution in [1.29, 1.82) is 0 Å². The average molecular weight is 492 g/mol. The second-order valence-corrected chi connectivity index (χ2v) is 9.83. The van der Waals surface area contributed by atoms with Crippen molar-refractivity contribution in [3.8, 4) is 5.75 Å². The highest BCUT2D eigenvalue weighted by Gasteiger charge is 2.19. The maximum Gasteiger partial charge on any atom is 0.258 e. The van der Waals surface area contributed by atoms with Gasteiger partial charge in [0.05, 0.1) is 10.7 Å². The Morgan fingerprint density at radius 3 is 2.69 bits per heavy atom. The number of aliphatic hydroxyl groups excluding tert-OH is 1. The first-order valence-corrected chi connectivity index (χ1v) is 12.6. The molecule has 35 heavy (non-hydrogen) atoms. The van der Waals surface area contributed by atoms with E-state index in [0.29, 0.717) is 23.3 Å². The number of aromatic nitrogens is 2. The van der Waals surface area contributed by atoms with Crippen LogP contribution in [-0.2, 0) is 19.6 Å². The number of nitrogens with zero attached hydrogens (tertiary/aromatic N) is 3. The van der Waals surface area contributed by atoms with E-state index in [1.54, 1.807) is 29.1 Å². The zero-order valence-corrected chi connectivity index (χ0v) is 20.5. The van der Waals surface area contributed by atoms with Gasteiger partial charge in [0.15, 0.2) is 0 Å². The topological polar surface area (TPSA) is 67.6 Å². The molecule has 0 amide bonds. The molecular weight excluding hydrogens is 462 g/mol. The predicted octanol–water partition coefficient (Wildman–Crippen LogP) is 4.62. The normalized spacial score (nSPS) is 16.6. The van der Waals surface area contributed by atoms with Crippen molar-refractivity contribution >= 4 is 23.4 Å². The predicted molar refractivity (Wildman–Crippen MR) is 138 cm³/mol. The van der Waals surface area contributed by atoms with Crippen LogP contribution in [0.4, 0.5) is 0 Å². The van der Waals surface area contributed by atoms with Crippen LogP contribution >= 0.6 is 11.6 Å². The van der Waals surface area contributed by atoms with Crippen molar-refractivity contribution < 1.29 is 9.84 Å². The molecule has 0 unspecified atom stereocenters. The van der Waals surface area contributed by atoms with Gasteiger partial charge in [-0.1, -0.05) is 29.8 Å². The van der Waals surface area contributed by atoms with Crippen LogP contribution in [0, 0.1) is 5.92 Å². The molecule has 182 valence electrons. The van der Waals surface area contributed by atoms with Crippen LogP contribution in [-0.4, -0.2) is 39.3 Å². The number of halogens is 1. The number of aryl methyl sites for hydroxylation is 1. The SMILES string of the molecule is O=c1cc(OCc2ccc(Cl)cn2)ccn1C1=Cc2ccc(CN3CCC(CO)CC3)cc2CC1. The Kier molecular flexibility index (Phi) is 7.32. The largest absolute Gasteiger partial charge is 0.487 e. The fraction of sp³-hybridized carbons (Fsp3) is 0.357. The minimum Gasteiger partial charge on any atom is -0.487 e. The lowest BCUT2D eigenvalue weighted by Crippen LogP contribution is -2.34. The van der Waals surface area contributed by atoms with E-state index >= 15 is 0 Å². The Morgan fingerprint density at radius 1 is 1.09 bits per heavy atom. The Hall–Kier alpha value is -2.93. The van der Waals surface area contributed by atoms with Crippen molar-refractivity contribution in [2.24, 2.45) is 5.92 Å². The fourth-order valence-corrected chi connectivity index (χ4v) is 4.95. The molecule has 0 bridgehead atoms. The number of rotatable bonds is 7. The van der Waals surface area contributed by atoms with Gasteiger partial charge >= 0.3 is 0 Å². The van der Waals surface area contributed by atoms with Crippen molar-refractivity contribution in [1.82, 2.24) is 14.5 Å². The Bertz CT molecular complexity index is 1260. The number of piperidine rings is 1. The first-order valence-electron chi connectivity index (χ1n) is 12.2. The number of benzene rings is 1. The Morgan fingerprint density at radius 2 is 1.94 bits per heavy atom. The summed E-state index contributed by atoms with van der Waals surface area (Å²) in [6.07, 6.45) is 9.36. The summed E-state index contributed by atoms with van der Waals surface area (Å²) in [5.74, 6) is 0.982. The van der Waals surface area contributed by atoms with E-state index in [9.17, 15) is 9.90 Å². The molecule has 0 atom stereocenters. The maximum absolute atomic E-state index is 12.8. The summed E-state index contributed by atoms with van der Waals surface area (Å²) in [5.41, 5.74) is 5.47. The van der Waals surface area contributed by atoms with E-state index in [-0.39, 0.29) is 12.2 Å². The van der Waals surface area contributed by atoms with Crippen LogP contribution < -0.4 is 10.3 Å². The van der Waals surface area contributed by atoms with Gasteiger partial charge in [0, 0.05) is 37.3 Å². The molecule has 7 heteroatoms. The Labute approximate surface area is 210 Å². The third-order valence-corrected chi connectivity index (χ3v) is 7.15. The zero-order chi connectivity index (χ0) is 24.2.